The Hall–Kier alpha value is -3.44. The van der Waals surface area contributed by atoms with Gasteiger partial charge in [-0.05, 0) is 17.7 Å². The minimum absolute atomic E-state index is 0.0275. The average molecular weight is 494 g/mol. The third-order valence-corrected chi connectivity index (χ3v) is 4.73. The molecule has 1 aliphatic rings. The van der Waals surface area contributed by atoms with E-state index in [1.165, 1.54) is 6.92 Å². The zero-order chi connectivity index (χ0) is 26.0. The molecule has 3 unspecified atom stereocenters. The lowest BCUT2D eigenvalue weighted by atomic mass is 9.98. The summed E-state index contributed by atoms with van der Waals surface area (Å²) < 4.78 is 37.8. The maximum atomic E-state index is 11.8. The summed E-state index contributed by atoms with van der Waals surface area (Å²) in [7, 11) is 1.58. The van der Waals surface area contributed by atoms with Gasteiger partial charge in [0.1, 0.15) is 18.5 Å². The molecule has 0 aliphatic carbocycles. The highest BCUT2D eigenvalue weighted by molar-refractivity contribution is 5.68. The summed E-state index contributed by atoms with van der Waals surface area (Å²) in [4.78, 5) is 46.7. The van der Waals surface area contributed by atoms with E-state index in [0.29, 0.717) is 0 Å². The highest BCUT2D eigenvalue weighted by atomic mass is 16.7. The minimum atomic E-state index is -1.27. The molecule has 1 saturated heterocycles. The van der Waals surface area contributed by atoms with E-state index in [1.807, 2.05) is 12.1 Å². The van der Waals surface area contributed by atoms with Crippen LogP contribution in [0.15, 0.2) is 30.3 Å². The molecule has 0 saturated carbocycles. The fourth-order valence-electron chi connectivity index (χ4n) is 3.37. The fourth-order valence-corrected chi connectivity index (χ4v) is 3.37. The van der Waals surface area contributed by atoms with E-state index in [4.69, 9.17) is 33.2 Å². The number of esters is 4. The van der Waals surface area contributed by atoms with Crippen molar-refractivity contribution in [3.63, 3.8) is 0 Å². The number of hydrogen-bond acceptors (Lipinski definition) is 11. The minimum Gasteiger partial charge on any atom is -0.497 e. The van der Waals surface area contributed by atoms with Crippen molar-refractivity contribution in [3.8, 4) is 5.75 Å². The molecule has 0 spiro atoms. The summed E-state index contributed by atoms with van der Waals surface area (Å²) in [5.41, 5.74) is 0.885. The third kappa shape index (κ3) is 9.02. The van der Waals surface area contributed by atoms with Crippen LogP contribution in [0.1, 0.15) is 33.3 Å². The monoisotopic (exact) mass is 494 g/mol. The molecule has 11 nitrogen and oxygen atoms in total. The Balaban J connectivity index is 2.25. The standard InChI is InChI=1S/C24H30O11/c1-14(25)31-13-20-21(32-15(2)26)22(33-16(3)27)23(34-17(4)28)24(35-20)30-12-6-7-18-8-10-19(29-5)11-9-18/h6-11,20-24H,12-13H2,1-5H3/b7-6+/t20?,21-,22?,23?,24-/m1/s1. The summed E-state index contributed by atoms with van der Waals surface area (Å²) in [6.07, 6.45) is -2.55. The Morgan fingerprint density at radius 3 is 1.94 bits per heavy atom. The van der Waals surface area contributed by atoms with Gasteiger partial charge < -0.3 is 33.2 Å². The summed E-state index contributed by atoms with van der Waals surface area (Å²) in [6.45, 7) is 4.38. The van der Waals surface area contributed by atoms with E-state index in [0.717, 1.165) is 32.1 Å². The molecule has 2 rings (SSSR count). The molecule has 11 heteroatoms. The van der Waals surface area contributed by atoms with Crippen LogP contribution in [-0.2, 0) is 47.6 Å². The van der Waals surface area contributed by atoms with Crippen molar-refractivity contribution in [2.24, 2.45) is 0 Å². The molecule has 35 heavy (non-hydrogen) atoms. The molecule has 1 aliphatic heterocycles. The summed E-state index contributed by atoms with van der Waals surface area (Å²) >= 11 is 0. The Morgan fingerprint density at radius 1 is 0.829 bits per heavy atom. The van der Waals surface area contributed by atoms with E-state index in [9.17, 15) is 19.2 Å². The second-order valence-electron chi connectivity index (χ2n) is 7.58. The van der Waals surface area contributed by atoms with Gasteiger partial charge in [-0.25, -0.2) is 0 Å². The molecule has 0 N–H and O–H groups in total. The lowest BCUT2D eigenvalue weighted by Crippen LogP contribution is -2.62. The molecule has 0 aromatic heterocycles. The summed E-state index contributed by atoms with van der Waals surface area (Å²) in [5, 5.41) is 0. The van der Waals surface area contributed by atoms with Crippen LogP contribution in [0.25, 0.3) is 6.08 Å². The van der Waals surface area contributed by atoms with Crippen molar-refractivity contribution in [3.05, 3.63) is 35.9 Å². The number of ether oxygens (including phenoxy) is 7. The lowest BCUT2D eigenvalue weighted by Gasteiger charge is -2.43. The van der Waals surface area contributed by atoms with Gasteiger partial charge in [-0.3, -0.25) is 19.2 Å². The first-order valence-corrected chi connectivity index (χ1v) is 10.8. The van der Waals surface area contributed by atoms with Crippen molar-refractivity contribution in [2.75, 3.05) is 20.3 Å². The predicted octanol–water partition coefficient (Wildman–Crippen LogP) is 1.81. The van der Waals surface area contributed by atoms with Gasteiger partial charge in [-0.2, -0.15) is 0 Å². The maximum Gasteiger partial charge on any atom is 0.303 e. The molecular formula is C24H30O11. The second kappa shape index (κ2) is 13.4. The third-order valence-electron chi connectivity index (χ3n) is 4.73. The Bertz CT molecular complexity index is 909. The normalized spacial score (nSPS) is 23.9. The summed E-state index contributed by atoms with van der Waals surface area (Å²) in [6, 6.07) is 7.31. The van der Waals surface area contributed by atoms with Gasteiger partial charge in [-0.15, -0.1) is 0 Å². The highest BCUT2D eigenvalue weighted by Gasteiger charge is 2.52. The van der Waals surface area contributed by atoms with Crippen LogP contribution in [0, 0.1) is 0 Å². The number of carbonyl (C=O) groups excluding carboxylic acids is 4. The molecular weight excluding hydrogens is 464 g/mol. The first-order valence-electron chi connectivity index (χ1n) is 10.8. The van der Waals surface area contributed by atoms with Gasteiger partial charge in [-0.1, -0.05) is 24.3 Å². The van der Waals surface area contributed by atoms with Crippen LogP contribution in [0.4, 0.5) is 0 Å². The number of hydrogen-bond donors (Lipinski definition) is 0. The van der Waals surface area contributed by atoms with Crippen molar-refractivity contribution < 1.29 is 52.3 Å². The Labute approximate surface area is 203 Å². The van der Waals surface area contributed by atoms with Gasteiger partial charge in [0.2, 0.25) is 0 Å². The molecule has 0 amide bonds. The Kier molecular flexibility index (Phi) is 10.7. The van der Waals surface area contributed by atoms with Gasteiger partial charge in [0.05, 0.1) is 13.7 Å². The van der Waals surface area contributed by atoms with E-state index in [1.54, 1.807) is 31.4 Å². The first-order chi connectivity index (χ1) is 16.6. The summed E-state index contributed by atoms with van der Waals surface area (Å²) in [5.74, 6) is -1.99. The van der Waals surface area contributed by atoms with Crippen molar-refractivity contribution in [1.82, 2.24) is 0 Å². The fraction of sp³-hybridized carbons (Fsp3) is 0.500. The SMILES string of the molecule is COc1ccc(/C=C/CO[C@@H]2OC(COC(C)=O)[C@@H](OC(C)=O)C(OC(C)=O)C2OC(C)=O)cc1. The van der Waals surface area contributed by atoms with Crippen LogP contribution in [0.5, 0.6) is 5.75 Å². The molecule has 1 fully saturated rings. The van der Waals surface area contributed by atoms with Crippen LogP contribution >= 0.6 is 0 Å². The number of methoxy groups -OCH3 is 1. The predicted molar refractivity (Wildman–Crippen MR) is 120 cm³/mol. The van der Waals surface area contributed by atoms with E-state index >= 15 is 0 Å². The van der Waals surface area contributed by atoms with Gasteiger partial charge in [0, 0.05) is 27.7 Å². The number of benzene rings is 1. The largest absolute Gasteiger partial charge is 0.497 e. The van der Waals surface area contributed by atoms with Crippen LogP contribution in [-0.4, -0.2) is 74.9 Å². The molecule has 0 bridgehead atoms. The van der Waals surface area contributed by atoms with Gasteiger partial charge in [0.25, 0.3) is 0 Å². The smallest absolute Gasteiger partial charge is 0.303 e. The number of rotatable bonds is 10. The van der Waals surface area contributed by atoms with Crippen molar-refractivity contribution in [2.45, 2.75) is 58.4 Å². The Morgan fingerprint density at radius 2 is 1.40 bits per heavy atom. The first kappa shape index (κ1) is 27.8. The van der Waals surface area contributed by atoms with Crippen LogP contribution in [0.2, 0.25) is 0 Å². The van der Waals surface area contributed by atoms with Crippen LogP contribution in [0.3, 0.4) is 0 Å². The van der Waals surface area contributed by atoms with E-state index in [-0.39, 0.29) is 13.2 Å². The molecule has 0 radical (unpaired) electrons. The molecule has 1 aromatic rings. The van der Waals surface area contributed by atoms with Gasteiger partial charge in [0.15, 0.2) is 24.6 Å². The topological polar surface area (TPSA) is 133 Å². The zero-order valence-electron chi connectivity index (χ0n) is 20.3. The maximum absolute atomic E-state index is 11.8. The molecule has 1 aromatic carbocycles. The van der Waals surface area contributed by atoms with Crippen LogP contribution < -0.4 is 4.74 Å². The molecule has 5 atom stereocenters. The number of carbonyl (C=O) groups is 4. The van der Waals surface area contributed by atoms with Crippen molar-refractivity contribution in [1.29, 1.82) is 0 Å². The van der Waals surface area contributed by atoms with Crippen molar-refractivity contribution >= 4 is 30.0 Å². The highest BCUT2D eigenvalue weighted by Crippen LogP contribution is 2.30. The van der Waals surface area contributed by atoms with E-state index < -0.39 is 54.6 Å². The van der Waals surface area contributed by atoms with E-state index in [2.05, 4.69) is 0 Å². The lowest BCUT2D eigenvalue weighted by molar-refractivity contribution is -0.305. The quantitative estimate of drug-likeness (QED) is 0.348. The molecule has 1 heterocycles. The second-order valence-corrected chi connectivity index (χ2v) is 7.58. The zero-order valence-corrected chi connectivity index (χ0v) is 20.3. The van der Waals surface area contributed by atoms with Gasteiger partial charge >= 0.3 is 23.9 Å². The molecule has 192 valence electrons. The average Bonchev–Trinajstić information content (AvgIpc) is 2.78.